The van der Waals surface area contributed by atoms with Gasteiger partial charge in [0, 0.05) is 24.7 Å². The maximum Gasteiger partial charge on any atom is 0.407 e. The van der Waals surface area contributed by atoms with Gasteiger partial charge in [-0.3, -0.25) is 4.98 Å². The molecule has 4 rings (SSSR count). The first kappa shape index (κ1) is 24.2. The van der Waals surface area contributed by atoms with Gasteiger partial charge >= 0.3 is 6.09 Å². The Bertz CT molecular complexity index is 1150. The minimum Gasteiger partial charge on any atom is -0.444 e. The predicted octanol–water partition coefficient (Wildman–Crippen LogP) is 5.15. The van der Waals surface area contributed by atoms with E-state index in [4.69, 9.17) is 9.72 Å². The zero-order chi connectivity index (χ0) is 24.3. The van der Waals surface area contributed by atoms with Crippen molar-refractivity contribution in [1.82, 2.24) is 25.2 Å². The number of hydrogen-bond donors (Lipinski definition) is 2. The second-order valence-corrected chi connectivity index (χ2v) is 11.0. The third-order valence-corrected chi connectivity index (χ3v) is 6.13. The zero-order valence-corrected chi connectivity index (χ0v) is 21.0. The monoisotopic (exact) mass is 463 g/mol. The first-order chi connectivity index (χ1) is 16.1. The lowest BCUT2D eigenvalue weighted by atomic mass is 9.92. The van der Waals surface area contributed by atoms with Gasteiger partial charge in [0.2, 0.25) is 0 Å². The van der Waals surface area contributed by atoms with Gasteiger partial charge in [-0.1, -0.05) is 32.0 Å². The van der Waals surface area contributed by atoms with Crippen molar-refractivity contribution in [3.63, 3.8) is 0 Å². The lowest BCUT2D eigenvalue weighted by Gasteiger charge is -2.29. The van der Waals surface area contributed by atoms with Crippen LogP contribution in [0.2, 0.25) is 0 Å². The number of pyridine rings is 1. The molecule has 1 unspecified atom stereocenters. The molecule has 34 heavy (non-hydrogen) atoms. The lowest BCUT2D eigenvalue weighted by Crippen LogP contribution is -2.40. The molecule has 0 saturated heterocycles. The first-order valence-corrected chi connectivity index (χ1v) is 12.2. The highest BCUT2D eigenvalue weighted by Gasteiger charge is 2.26. The molecule has 1 amide bonds. The lowest BCUT2D eigenvalue weighted by molar-refractivity contribution is 0.0502. The van der Waals surface area contributed by atoms with Crippen molar-refractivity contribution in [3.8, 4) is 0 Å². The number of nitrogens with one attached hydrogen (secondary N) is 2. The Labute approximate surface area is 202 Å². The predicted molar refractivity (Wildman–Crippen MR) is 135 cm³/mol. The largest absolute Gasteiger partial charge is 0.444 e. The molecule has 1 atom stereocenters. The summed E-state index contributed by atoms with van der Waals surface area (Å²) >= 11 is 0. The smallest absolute Gasteiger partial charge is 0.407 e. The van der Waals surface area contributed by atoms with Crippen LogP contribution >= 0.6 is 0 Å². The quantitative estimate of drug-likeness (QED) is 0.506. The molecule has 1 aliphatic rings. The third kappa shape index (κ3) is 5.95. The molecule has 2 N–H and O–H groups in total. The number of aromatic nitrogens is 3. The summed E-state index contributed by atoms with van der Waals surface area (Å²) in [5, 5.41) is 6.66. The Balaban J connectivity index is 1.50. The number of rotatable bonds is 7. The molecule has 2 heterocycles. The standard InChI is InChI=1S/C27H37N5O2/c1-26(2,3)34-25(33)30-17-27(4,5)18-32-22-14-7-6-12-20(22)31-23(32)16-29-21-13-8-10-19-11-9-15-28-24(19)21/h6-7,9,11-12,14-15,21,29H,8,10,13,16-18H2,1-5H3,(H,30,33). The van der Waals surface area contributed by atoms with E-state index in [0.717, 1.165) is 42.7 Å². The van der Waals surface area contributed by atoms with E-state index in [2.05, 4.69) is 52.2 Å². The van der Waals surface area contributed by atoms with Gasteiger partial charge in [0.1, 0.15) is 11.4 Å². The first-order valence-electron chi connectivity index (χ1n) is 12.2. The molecule has 1 aliphatic carbocycles. The van der Waals surface area contributed by atoms with Crippen LogP contribution in [0.5, 0.6) is 0 Å². The number of carbonyl (C=O) groups excluding carboxylic acids is 1. The van der Waals surface area contributed by atoms with Crippen LogP contribution in [0, 0.1) is 5.41 Å². The highest BCUT2D eigenvalue weighted by molar-refractivity contribution is 5.76. The van der Waals surface area contributed by atoms with Crippen molar-refractivity contribution in [2.24, 2.45) is 5.41 Å². The van der Waals surface area contributed by atoms with Crippen LogP contribution in [0.1, 0.15) is 70.6 Å². The van der Waals surface area contributed by atoms with Crippen molar-refractivity contribution in [2.45, 2.75) is 78.6 Å². The van der Waals surface area contributed by atoms with E-state index in [1.54, 1.807) is 0 Å². The van der Waals surface area contributed by atoms with Crippen LogP contribution < -0.4 is 10.6 Å². The molecule has 0 radical (unpaired) electrons. The molecule has 0 saturated carbocycles. The molecular weight excluding hydrogens is 426 g/mol. The summed E-state index contributed by atoms with van der Waals surface area (Å²) in [7, 11) is 0. The molecule has 0 fully saturated rings. The van der Waals surface area contributed by atoms with Gasteiger partial charge in [0.25, 0.3) is 0 Å². The number of hydrogen-bond acceptors (Lipinski definition) is 5. The molecule has 1 aromatic carbocycles. The highest BCUT2D eigenvalue weighted by Crippen LogP contribution is 2.29. The Morgan fingerprint density at radius 2 is 1.94 bits per heavy atom. The van der Waals surface area contributed by atoms with Crippen molar-refractivity contribution in [1.29, 1.82) is 0 Å². The Hall–Kier alpha value is -2.93. The summed E-state index contributed by atoms with van der Waals surface area (Å²) in [6, 6.07) is 12.7. The number of carbonyl (C=O) groups is 1. The minimum atomic E-state index is -0.514. The summed E-state index contributed by atoms with van der Waals surface area (Å²) in [5.74, 6) is 0.995. The van der Waals surface area contributed by atoms with Gasteiger partial charge in [-0.2, -0.15) is 0 Å². The van der Waals surface area contributed by atoms with Gasteiger partial charge in [-0.15, -0.1) is 0 Å². The van der Waals surface area contributed by atoms with Crippen molar-refractivity contribution in [2.75, 3.05) is 6.54 Å². The number of nitrogens with zero attached hydrogens (tertiary/aromatic N) is 3. The fraction of sp³-hybridized carbons (Fsp3) is 0.519. The summed E-state index contributed by atoms with van der Waals surface area (Å²) in [6.45, 7) is 11.8. The van der Waals surface area contributed by atoms with Gasteiger partial charge in [0.05, 0.1) is 29.3 Å². The summed E-state index contributed by atoms with van der Waals surface area (Å²) < 4.78 is 7.69. The number of benzene rings is 1. The van der Waals surface area contributed by atoms with Crippen molar-refractivity contribution >= 4 is 17.1 Å². The molecule has 7 heteroatoms. The average molecular weight is 464 g/mol. The minimum absolute atomic E-state index is 0.200. The zero-order valence-electron chi connectivity index (χ0n) is 21.0. The Morgan fingerprint density at radius 1 is 1.15 bits per heavy atom. The normalized spacial score (nSPS) is 16.3. The maximum atomic E-state index is 12.2. The van der Waals surface area contributed by atoms with Crippen LogP contribution in [-0.2, 0) is 24.2 Å². The molecule has 3 aromatic rings. The summed E-state index contributed by atoms with van der Waals surface area (Å²) in [4.78, 5) is 21.8. The van der Waals surface area contributed by atoms with E-state index in [9.17, 15) is 4.79 Å². The number of amides is 1. The van der Waals surface area contributed by atoms with E-state index in [1.165, 1.54) is 11.3 Å². The number of para-hydroxylation sites is 2. The van der Waals surface area contributed by atoms with Gasteiger partial charge in [0.15, 0.2) is 0 Å². The summed E-state index contributed by atoms with van der Waals surface area (Å²) in [5.41, 5.74) is 3.88. The fourth-order valence-electron chi connectivity index (χ4n) is 4.57. The van der Waals surface area contributed by atoms with Crippen molar-refractivity contribution in [3.05, 3.63) is 59.7 Å². The number of alkyl carbamates (subject to hydrolysis) is 1. The molecule has 182 valence electrons. The second kappa shape index (κ2) is 9.74. The maximum absolute atomic E-state index is 12.2. The molecule has 0 spiro atoms. The van der Waals surface area contributed by atoms with Crippen LogP contribution in [0.4, 0.5) is 4.79 Å². The van der Waals surface area contributed by atoms with Crippen LogP contribution in [-0.4, -0.2) is 32.8 Å². The fourth-order valence-corrected chi connectivity index (χ4v) is 4.57. The van der Waals surface area contributed by atoms with Gasteiger partial charge < -0.3 is 19.9 Å². The number of fused-ring (bicyclic) bond motifs is 2. The Morgan fingerprint density at radius 3 is 2.74 bits per heavy atom. The van der Waals surface area contributed by atoms with Gasteiger partial charge in [-0.25, -0.2) is 9.78 Å². The number of imidazole rings is 1. The van der Waals surface area contributed by atoms with Crippen molar-refractivity contribution < 1.29 is 9.53 Å². The average Bonchev–Trinajstić information content (AvgIpc) is 3.12. The van der Waals surface area contributed by atoms with Crippen LogP contribution in [0.15, 0.2) is 42.6 Å². The highest BCUT2D eigenvalue weighted by atomic mass is 16.6. The molecule has 2 aromatic heterocycles. The topological polar surface area (TPSA) is 81.1 Å². The molecular formula is C27H37N5O2. The third-order valence-electron chi connectivity index (χ3n) is 6.13. The van der Waals surface area contributed by atoms with Gasteiger partial charge in [-0.05, 0) is 63.8 Å². The van der Waals surface area contributed by atoms with E-state index >= 15 is 0 Å². The van der Waals surface area contributed by atoms with E-state index in [0.29, 0.717) is 13.1 Å². The van der Waals surface area contributed by atoms with E-state index in [-0.39, 0.29) is 17.6 Å². The van der Waals surface area contributed by atoms with Crippen LogP contribution in [0.25, 0.3) is 11.0 Å². The molecule has 7 nitrogen and oxygen atoms in total. The molecule has 0 bridgehead atoms. The summed E-state index contributed by atoms with van der Waals surface area (Å²) in [6.07, 6.45) is 4.83. The number of aryl methyl sites for hydroxylation is 1. The second-order valence-electron chi connectivity index (χ2n) is 11.0. The SMILES string of the molecule is CC(C)(CNC(=O)OC(C)(C)C)Cn1c(CNC2CCCc3cccnc32)nc2ccccc21. The van der Waals surface area contributed by atoms with E-state index < -0.39 is 5.60 Å². The van der Waals surface area contributed by atoms with E-state index in [1.807, 2.05) is 45.2 Å². The molecule has 0 aliphatic heterocycles. The number of ether oxygens (including phenoxy) is 1. The Kier molecular flexibility index (Phi) is 6.94. The van der Waals surface area contributed by atoms with Crippen LogP contribution in [0.3, 0.4) is 0 Å².